The number of hydrogen-bond donors (Lipinski definition) is 2. The van der Waals surface area contributed by atoms with Crippen molar-refractivity contribution >= 4 is 39.7 Å². The van der Waals surface area contributed by atoms with Gasteiger partial charge in [-0.2, -0.15) is 0 Å². The zero-order chi connectivity index (χ0) is 22.4. The van der Waals surface area contributed by atoms with Crippen LogP contribution in [-0.2, 0) is 9.47 Å². The molecule has 0 aliphatic carbocycles. The van der Waals surface area contributed by atoms with Gasteiger partial charge in [0.25, 0.3) is 11.4 Å². The van der Waals surface area contributed by atoms with E-state index in [1.165, 1.54) is 23.0 Å². The van der Waals surface area contributed by atoms with Crippen molar-refractivity contribution in [1.82, 2.24) is 19.5 Å². The molecule has 0 amide bonds. The SMILES string of the molecule is C#C[C@]1(OC(=O)c2ccccc2)[C@H](n2cnc3c(=O)[nH]c(C)nc32)O[C@](F)(CI)[C@H]1O. The first-order valence-corrected chi connectivity index (χ1v) is 10.6. The number of carbonyl (C=O) groups is 1. The van der Waals surface area contributed by atoms with E-state index >= 15 is 4.39 Å². The predicted octanol–water partition coefficient (Wildman–Crippen LogP) is 1.65. The number of nitrogens with one attached hydrogen (secondary N) is 1. The van der Waals surface area contributed by atoms with Crippen LogP contribution < -0.4 is 5.56 Å². The number of ether oxygens (including phenoxy) is 2. The molecule has 4 rings (SSSR count). The van der Waals surface area contributed by atoms with Crippen molar-refractivity contribution in [3.05, 3.63) is 58.4 Å². The highest BCUT2D eigenvalue weighted by Gasteiger charge is 2.67. The number of aliphatic hydroxyl groups excluding tert-OH is 1. The summed E-state index contributed by atoms with van der Waals surface area (Å²) in [7, 11) is 0. The molecule has 1 aliphatic rings. The van der Waals surface area contributed by atoms with Crippen LogP contribution in [0.25, 0.3) is 11.2 Å². The number of aromatic nitrogens is 4. The van der Waals surface area contributed by atoms with E-state index in [2.05, 4.69) is 20.9 Å². The normalized spacial score (nSPS) is 27.8. The van der Waals surface area contributed by atoms with Gasteiger partial charge in [0.15, 0.2) is 23.5 Å². The summed E-state index contributed by atoms with van der Waals surface area (Å²) >= 11 is 1.69. The first kappa shape index (κ1) is 21.4. The summed E-state index contributed by atoms with van der Waals surface area (Å²) in [6, 6.07) is 7.91. The zero-order valence-corrected chi connectivity index (χ0v) is 18.2. The van der Waals surface area contributed by atoms with Crippen LogP contribution in [0.4, 0.5) is 4.39 Å². The number of rotatable bonds is 4. The molecule has 160 valence electrons. The van der Waals surface area contributed by atoms with E-state index in [0.29, 0.717) is 0 Å². The van der Waals surface area contributed by atoms with Crippen molar-refractivity contribution in [1.29, 1.82) is 0 Å². The van der Waals surface area contributed by atoms with Gasteiger partial charge in [-0.05, 0) is 19.1 Å². The lowest BCUT2D eigenvalue weighted by Crippen LogP contribution is -2.52. The minimum Gasteiger partial charge on any atom is -0.434 e. The molecule has 0 unspecified atom stereocenters. The summed E-state index contributed by atoms with van der Waals surface area (Å²) in [6.07, 6.45) is 3.30. The number of aliphatic hydroxyl groups is 1. The number of esters is 1. The van der Waals surface area contributed by atoms with Gasteiger partial charge in [-0.1, -0.05) is 46.7 Å². The van der Waals surface area contributed by atoms with Gasteiger partial charge in [0.1, 0.15) is 5.82 Å². The number of fused-ring (bicyclic) bond motifs is 1. The Kier molecular flexibility index (Phi) is 5.32. The van der Waals surface area contributed by atoms with Crippen molar-refractivity contribution in [3.63, 3.8) is 0 Å². The third-order valence-corrected chi connectivity index (χ3v) is 6.01. The monoisotopic (exact) mass is 538 g/mol. The molecule has 0 saturated carbocycles. The molecule has 11 heteroatoms. The fourth-order valence-corrected chi connectivity index (χ4v) is 4.04. The number of terminal acetylenes is 1. The second-order valence-electron chi connectivity index (χ2n) is 6.96. The van der Waals surface area contributed by atoms with Crippen LogP contribution in [0.5, 0.6) is 0 Å². The van der Waals surface area contributed by atoms with E-state index in [0.717, 1.165) is 0 Å². The molecule has 31 heavy (non-hydrogen) atoms. The number of aryl methyl sites for hydroxylation is 1. The Bertz CT molecular complexity index is 1260. The van der Waals surface area contributed by atoms with Crippen LogP contribution in [0.1, 0.15) is 22.4 Å². The maximum Gasteiger partial charge on any atom is 0.339 e. The molecule has 9 nitrogen and oxygen atoms in total. The number of halogens is 2. The molecular formula is C20H16FIN4O5. The van der Waals surface area contributed by atoms with Crippen molar-refractivity contribution in [2.75, 3.05) is 4.43 Å². The second-order valence-corrected chi connectivity index (χ2v) is 7.72. The van der Waals surface area contributed by atoms with Gasteiger partial charge in [0, 0.05) is 0 Å². The second kappa shape index (κ2) is 7.70. The number of imidazole rings is 1. The van der Waals surface area contributed by atoms with Gasteiger partial charge in [-0.15, -0.1) is 6.42 Å². The Morgan fingerprint density at radius 2 is 2.19 bits per heavy atom. The standard InChI is InChI=1S/C20H16FIN4O5/c1-3-19(30-16(28)12-7-5-4-6-8-12)17(29)20(21,9-22)31-18(19)26-10-23-13-14(26)24-11(2)25-15(13)27/h1,4-8,10,17-18,29H,9H2,2H3,(H,24,25,27)/t17-,18+,19+,20+/m0/s1. The average molecular weight is 538 g/mol. The molecule has 3 heterocycles. The van der Waals surface area contributed by atoms with Crippen molar-refractivity contribution in [3.8, 4) is 12.3 Å². The summed E-state index contributed by atoms with van der Waals surface area (Å²) < 4.78 is 27.4. The van der Waals surface area contributed by atoms with Gasteiger partial charge < -0.3 is 19.6 Å². The fourth-order valence-electron chi connectivity index (χ4n) is 3.44. The third-order valence-electron chi connectivity index (χ3n) is 4.97. The molecule has 1 aromatic carbocycles. The smallest absolute Gasteiger partial charge is 0.339 e. The minimum atomic E-state index is -2.64. The highest BCUT2D eigenvalue weighted by atomic mass is 127. The van der Waals surface area contributed by atoms with Crippen molar-refractivity contribution in [2.24, 2.45) is 0 Å². The maximum atomic E-state index is 15.5. The van der Waals surface area contributed by atoms with E-state index in [1.54, 1.807) is 47.7 Å². The Morgan fingerprint density at radius 3 is 2.84 bits per heavy atom. The predicted molar refractivity (Wildman–Crippen MR) is 115 cm³/mol. The van der Waals surface area contributed by atoms with Crippen LogP contribution in [0, 0.1) is 19.3 Å². The van der Waals surface area contributed by atoms with E-state index in [-0.39, 0.29) is 27.0 Å². The summed E-state index contributed by atoms with van der Waals surface area (Å²) in [5.41, 5.74) is -2.65. The Labute approximate surface area is 188 Å². The van der Waals surface area contributed by atoms with Crippen molar-refractivity contribution in [2.45, 2.75) is 30.7 Å². The first-order chi connectivity index (χ1) is 14.8. The van der Waals surface area contributed by atoms with Crippen LogP contribution in [0.15, 0.2) is 41.5 Å². The van der Waals surface area contributed by atoms with Crippen LogP contribution in [-0.4, -0.2) is 52.6 Å². The lowest BCUT2D eigenvalue weighted by Gasteiger charge is -2.31. The molecule has 0 bridgehead atoms. The molecule has 4 atom stereocenters. The van der Waals surface area contributed by atoms with E-state index in [4.69, 9.17) is 15.9 Å². The molecular weight excluding hydrogens is 522 g/mol. The molecule has 1 aliphatic heterocycles. The summed E-state index contributed by atoms with van der Waals surface area (Å²) in [6.45, 7) is 1.55. The molecule has 1 saturated heterocycles. The number of alkyl halides is 2. The van der Waals surface area contributed by atoms with Crippen LogP contribution in [0.2, 0.25) is 0 Å². The fraction of sp³-hybridized carbons (Fsp3) is 0.300. The Hall–Kier alpha value is -2.82. The maximum absolute atomic E-state index is 15.5. The third kappa shape index (κ3) is 3.31. The Morgan fingerprint density at radius 1 is 1.48 bits per heavy atom. The summed E-state index contributed by atoms with van der Waals surface area (Å²) in [4.78, 5) is 35.7. The number of aromatic amines is 1. The summed E-state index contributed by atoms with van der Waals surface area (Å²) in [5, 5.41) is 10.9. The minimum absolute atomic E-state index is 0.0338. The molecule has 0 spiro atoms. The molecule has 1 fully saturated rings. The van der Waals surface area contributed by atoms with Gasteiger partial charge in [0.2, 0.25) is 5.60 Å². The van der Waals surface area contributed by atoms with E-state index < -0.39 is 35.3 Å². The number of hydrogen-bond acceptors (Lipinski definition) is 7. The topological polar surface area (TPSA) is 119 Å². The van der Waals surface area contributed by atoms with Gasteiger partial charge in [-0.25, -0.2) is 19.2 Å². The van der Waals surface area contributed by atoms with Crippen molar-refractivity contribution < 1.29 is 23.8 Å². The highest BCUT2D eigenvalue weighted by Crippen LogP contribution is 2.49. The lowest BCUT2D eigenvalue weighted by molar-refractivity contribution is -0.167. The first-order valence-electron chi connectivity index (χ1n) is 9.06. The zero-order valence-electron chi connectivity index (χ0n) is 16.1. The van der Waals surface area contributed by atoms with E-state index in [9.17, 15) is 14.7 Å². The molecule has 0 radical (unpaired) electrons. The van der Waals surface area contributed by atoms with Gasteiger partial charge >= 0.3 is 5.97 Å². The molecule has 3 aromatic rings. The highest BCUT2D eigenvalue weighted by molar-refractivity contribution is 14.1. The van der Waals surface area contributed by atoms with Gasteiger partial charge in [0.05, 0.1) is 16.3 Å². The average Bonchev–Trinajstić information content (AvgIpc) is 3.28. The largest absolute Gasteiger partial charge is 0.434 e. The quantitative estimate of drug-likeness (QED) is 0.225. The van der Waals surface area contributed by atoms with Crippen LogP contribution >= 0.6 is 22.6 Å². The van der Waals surface area contributed by atoms with Gasteiger partial charge in [-0.3, -0.25) is 9.36 Å². The number of H-pyrrole nitrogens is 1. The molecule has 2 N–H and O–H groups in total. The Balaban J connectivity index is 1.88. The number of nitrogens with zero attached hydrogens (tertiary/aromatic N) is 3. The van der Waals surface area contributed by atoms with E-state index in [1.807, 2.05) is 0 Å². The van der Waals surface area contributed by atoms with Crippen LogP contribution in [0.3, 0.4) is 0 Å². The summed E-state index contributed by atoms with van der Waals surface area (Å²) in [5.74, 6) is -1.02. The number of carbonyl (C=O) groups excluding carboxylic acids is 1. The number of benzene rings is 1. The molecule has 2 aromatic heterocycles. The lowest BCUT2D eigenvalue weighted by atomic mass is 9.93.